The molecule has 1 fully saturated rings. The second-order valence-corrected chi connectivity index (χ2v) is 6.63. The predicted molar refractivity (Wildman–Crippen MR) is 61.4 cm³/mol. The molecule has 96 valence electrons. The van der Waals surface area contributed by atoms with E-state index in [1.165, 1.54) is 0 Å². The largest absolute Gasteiger partial charge is 0.500 e. The van der Waals surface area contributed by atoms with Gasteiger partial charge in [-0.3, -0.25) is 0 Å². The maximum absolute atomic E-state index is 5.58. The van der Waals surface area contributed by atoms with E-state index in [0.717, 1.165) is 19.1 Å². The third-order valence-corrected chi connectivity index (χ3v) is 5.40. The van der Waals surface area contributed by atoms with Gasteiger partial charge >= 0.3 is 8.80 Å². The molecule has 1 saturated heterocycles. The van der Waals surface area contributed by atoms with Crippen LogP contribution >= 0.6 is 0 Å². The highest BCUT2D eigenvalue weighted by molar-refractivity contribution is 6.60. The second kappa shape index (κ2) is 7.36. The Morgan fingerprint density at radius 3 is 2.50 bits per heavy atom. The summed E-state index contributed by atoms with van der Waals surface area (Å²) in [5.41, 5.74) is 0. The minimum atomic E-state index is -2.42. The third kappa shape index (κ3) is 4.90. The van der Waals surface area contributed by atoms with Crippen LogP contribution in [-0.2, 0) is 22.8 Å². The average molecular weight is 250 g/mol. The maximum atomic E-state index is 5.58. The first-order valence-corrected chi connectivity index (χ1v) is 7.63. The quantitative estimate of drug-likeness (QED) is 0.330. The van der Waals surface area contributed by atoms with Gasteiger partial charge in [-0.2, -0.15) is 0 Å². The van der Waals surface area contributed by atoms with Crippen LogP contribution in [0.15, 0.2) is 0 Å². The highest BCUT2D eigenvalue weighted by Gasteiger charge is 2.37. The molecule has 0 aromatic carbocycles. The Hall–Kier alpha value is 0.0169. The number of hydrogen-bond acceptors (Lipinski definition) is 5. The van der Waals surface area contributed by atoms with Crippen LogP contribution in [0.25, 0.3) is 0 Å². The van der Waals surface area contributed by atoms with Gasteiger partial charge in [0.05, 0.1) is 13.2 Å². The van der Waals surface area contributed by atoms with Gasteiger partial charge in [0, 0.05) is 33.5 Å². The molecule has 1 heterocycles. The zero-order valence-electron chi connectivity index (χ0n) is 10.4. The lowest BCUT2D eigenvalue weighted by Crippen LogP contribution is -2.43. The van der Waals surface area contributed by atoms with Crippen molar-refractivity contribution < 1.29 is 22.8 Å². The molecule has 6 heteroatoms. The Morgan fingerprint density at radius 1 is 1.31 bits per heavy atom. The molecule has 0 saturated carbocycles. The molecule has 0 radical (unpaired) electrons. The topological polar surface area (TPSA) is 49.5 Å². The van der Waals surface area contributed by atoms with Crippen molar-refractivity contribution in [2.45, 2.75) is 25.5 Å². The summed E-state index contributed by atoms with van der Waals surface area (Å²) < 4.78 is 26.8. The van der Waals surface area contributed by atoms with Gasteiger partial charge in [0.25, 0.3) is 0 Å². The molecule has 1 aliphatic rings. The summed E-state index contributed by atoms with van der Waals surface area (Å²) in [4.78, 5) is 0. The molecule has 5 nitrogen and oxygen atoms in total. The Morgan fingerprint density at radius 2 is 2.00 bits per heavy atom. The van der Waals surface area contributed by atoms with Gasteiger partial charge in [0.1, 0.15) is 6.10 Å². The Bertz CT molecular complexity index is 182. The van der Waals surface area contributed by atoms with E-state index < -0.39 is 8.80 Å². The first-order valence-electron chi connectivity index (χ1n) is 5.70. The van der Waals surface area contributed by atoms with Gasteiger partial charge in [-0.15, -0.1) is 0 Å². The smallest absolute Gasteiger partial charge is 0.379 e. The molecular weight excluding hydrogens is 228 g/mol. The van der Waals surface area contributed by atoms with E-state index in [4.69, 9.17) is 22.8 Å². The van der Waals surface area contributed by atoms with E-state index >= 15 is 0 Å². The first-order chi connectivity index (χ1) is 7.76. The molecule has 1 unspecified atom stereocenters. The third-order valence-electron chi connectivity index (χ3n) is 2.46. The number of rotatable bonds is 10. The van der Waals surface area contributed by atoms with Crippen LogP contribution in [-0.4, -0.2) is 55.6 Å². The Balaban J connectivity index is 2.09. The molecule has 0 aromatic heterocycles. The van der Waals surface area contributed by atoms with Crippen LogP contribution in [0, 0.1) is 0 Å². The van der Waals surface area contributed by atoms with Crippen molar-refractivity contribution in [3.8, 4) is 0 Å². The fourth-order valence-corrected chi connectivity index (χ4v) is 3.44. The van der Waals surface area contributed by atoms with E-state index in [1.807, 2.05) is 6.92 Å². The minimum Gasteiger partial charge on any atom is -0.379 e. The van der Waals surface area contributed by atoms with E-state index in [0.29, 0.717) is 25.9 Å². The molecule has 1 atom stereocenters. The van der Waals surface area contributed by atoms with Crippen LogP contribution in [0.2, 0.25) is 6.04 Å². The summed E-state index contributed by atoms with van der Waals surface area (Å²) in [6, 6.07) is 0.791. The first kappa shape index (κ1) is 14.1. The number of ether oxygens (including phenoxy) is 2. The van der Waals surface area contributed by atoms with Gasteiger partial charge in [-0.1, -0.05) is 0 Å². The fourth-order valence-electron chi connectivity index (χ4n) is 1.47. The van der Waals surface area contributed by atoms with Gasteiger partial charge in [0.15, 0.2) is 0 Å². The average Bonchev–Trinajstić information content (AvgIpc) is 3.11. The van der Waals surface area contributed by atoms with Crippen LogP contribution in [0.4, 0.5) is 0 Å². The molecule has 1 rings (SSSR count). The molecule has 16 heavy (non-hydrogen) atoms. The number of hydrogen-bond donors (Lipinski definition) is 0. The fraction of sp³-hybridized carbons (Fsp3) is 1.00. The Kier molecular flexibility index (Phi) is 6.48. The monoisotopic (exact) mass is 250 g/mol. The number of epoxide rings is 1. The molecule has 1 aliphatic heterocycles. The maximum Gasteiger partial charge on any atom is 0.500 e. The van der Waals surface area contributed by atoms with Crippen LogP contribution in [0.5, 0.6) is 0 Å². The standard InChI is InChI=1S/C10H22O5Si/c1-4-15-16(11-2,12-3)7-5-6-13-8-10-9-14-10/h10H,4-9H2,1-3H3. The van der Waals surface area contributed by atoms with Gasteiger partial charge in [-0.05, 0) is 13.3 Å². The zero-order chi connectivity index (χ0) is 11.9. The zero-order valence-corrected chi connectivity index (χ0v) is 11.4. The SMILES string of the molecule is CCO[Si](CCCOCC1CO1)(OC)OC. The molecule has 0 N–H and O–H groups in total. The molecule has 0 amide bonds. The molecular formula is C10H22O5Si. The van der Waals surface area contributed by atoms with Crippen molar-refractivity contribution in [3.05, 3.63) is 0 Å². The van der Waals surface area contributed by atoms with E-state index in [9.17, 15) is 0 Å². The normalized spacial score (nSPS) is 20.1. The summed E-state index contributed by atoms with van der Waals surface area (Å²) >= 11 is 0. The molecule has 0 aromatic rings. The van der Waals surface area contributed by atoms with Gasteiger partial charge < -0.3 is 22.8 Å². The summed E-state index contributed by atoms with van der Waals surface area (Å²) in [6.45, 7) is 4.80. The lowest BCUT2D eigenvalue weighted by molar-refractivity contribution is 0.0900. The highest BCUT2D eigenvalue weighted by atomic mass is 28.4. The van der Waals surface area contributed by atoms with Crippen LogP contribution in [0.1, 0.15) is 13.3 Å². The minimum absolute atomic E-state index is 0.332. The summed E-state index contributed by atoms with van der Waals surface area (Å²) in [6.07, 6.45) is 1.22. The lowest BCUT2D eigenvalue weighted by atomic mass is 10.5. The van der Waals surface area contributed by atoms with Crippen molar-refractivity contribution in [2.24, 2.45) is 0 Å². The van der Waals surface area contributed by atoms with E-state index in [2.05, 4.69) is 0 Å². The summed E-state index contributed by atoms with van der Waals surface area (Å²) in [5, 5.41) is 0. The van der Waals surface area contributed by atoms with Crippen LogP contribution < -0.4 is 0 Å². The van der Waals surface area contributed by atoms with E-state index in [-0.39, 0.29) is 0 Å². The van der Waals surface area contributed by atoms with Crippen LogP contribution in [0.3, 0.4) is 0 Å². The van der Waals surface area contributed by atoms with Crippen molar-refractivity contribution in [1.82, 2.24) is 0 Å². The van der Waals surface area contributed by atoms with Crippen molar-refractivity contribution in [2.75, 3.05) is 40.6 Å². The predicted octanol–water partition coefficient (Wildman–Crippen LogP) is 1.06. The highest BCUT2D eigenvalue weighted by Crippen LogP contribution is 2.16. The lowest BCUT2D eigenvalue weighted by Gasteiger charge is -2.25. The molecule has 0 spiro atoms. The van der Waals surface area contributed by atoms with Crippen molar-refractivity contribution >= 4 is 8.80 Å². The Labute approximate surface area is 98.3 Å². The molecule has 0 bridgehead atoms. The second-order valence-electron chi connectivity index (χ2n) is 3.66. The van der Waals surface area contributed by atoms with Crippen molar-refractivity contribution in [1.29, 1.82) is 0 Å². The molecule has 0 aliphatic carbocycles. The summed E-state index contributed by atoms with van der Waals surface area (Å²) in [5.74, 6) is 0. The van der Waals surface area contributed by atoms with Gasteiger partial charge in [0.2, 0.25) is 0 Å². The summed E-state index contributed by atoms with van der Waals surface area (Å²) in [7, 11) is 0.870. The van der Waals surface area contributed by atoms with Gasteiger partial charge in [-0.25, -0.2) is 0 Å². The van der Waals surface area contributed by atoms with E-state index in [1.54, 1.807) is 14.2 Å². The van der Waals surface area contributed by atoms with Crippen molar-refractivity contribution in [3.63, 3.8) is 0 Å².